The number of carbonyl (C=O) groups excluding carboxylic acids is 1. The Kier molecular flexibility index (Phi) is 5.01. The largest absolute Gasteiger partial charge is 0.354 e. The molecule has 1 fully saturated rings. The molecule has 2 aromatic heterocycles. The maximum atomic E-state index is 12.5. The number of nitrogens with zero attached hydrogens (tertiary/aromatic N) is 4. The minimum absolute atomic E-state index is 0.0416. The van der Waals surface area contributed by atoms with Crippen LogP contribution in [0.2, 0.25) is 0 Å². The molecule has 1 amide bonds. The van der Waals surface area contributed by atoms with Crippen molar-refractivity contribution < 1.29 is 9.00 Å². The van der Waals surface area contributed by atoms with Crippen molar-refractivity contribution in [3.63, 3.8) is 0 Å². The number of amides is 1. The monoisotopic (exact) mass is 449 g/mol. The van der Waals surface area contributed by atoms with E-state index in [1.165, 1.54) is 6.26 Å². The first-order chi connectivity index (χ1) is 15.4. The molecule has 0 bridgehead atoms. The first-order valence-electron chi connectivity index (χ1n) is 10.4. The molecular formula is C22H23N7O2S. The second-order valence-corrected chi connectivity index (χ2v) is 10.1. The molecular weight excluding hydrogens is 426 g/mol. The number of para-hydroxylation sites is 1. The highest BCUT2D eigenvalue weighted by Crippen LogP contribution is 2.25. The van der Waals surface area contributed by atoms with Crippen molar-refractivity contribution in [1.29, 1.82) is 4.78 Å². The summed E-state index contributed by atoms with van der Waals surface area (Å²) in [6.07, 6.45) is 4.01. The molecule has 0 aliphatic carbocycles. The van der Waals surface area contributed by atoms with E-state index in [0.29, 0.717) is 35.3 Å². The van der Waals surface area contributed by atoms with E-state index in [4.69, 9.17) is 14.7 Å². The summed E-state index contributed by atoms with van der Waals surface area (Å²) >= 11 is 0. The first-order valence-corrected chi connectivity index (χ1v) is 12.4. The van der Waals surface area contributed by atoms with Crippen LogP contribution < -0.4 is 10.6 Å². The molecule has 0 unspecified atom stereocenters. The summed E-state index contributed by atoms with van der Waals surface area (Å²) in [6, 6.07) is 14.2. The minimum atomic E-state index is -2.79. The molecule has 2 aromatic carbocycles. The molecule has 5 rings (SSSR count). The van der Waals surface area contributed by atoms with Gasteiger partial charge >= 0.3 is 0 Å². The van der Waals surface area contributed by atoms with Crippen molar-refractivity contribution in [3.05, 3.63) is 48.5 Å². The molecule has 0 saturated carbocycles. The van der Waals surface area contributed by atoms with E-state index in [0.717, 1.165) is 29.3 Å². The zero-order valence-electron chi connectivity index (χ0n) is 17.5. The SMILES string of the molecule is C[S@@](=N)(=O)c1ccc(-c2nc3c4ccccc4nc(N[C@@H]4CCCCNC4=O)n3n2)cc1. The van der Waals surface area contributed by atoms with Gasteiger partial charge in [0, 0.05) is 28.6 Å². The van der Waals surface area contributed by atoms with Crippen LogP contribution in [-0.2, 0) is 14.5 Å². The fraction of sp³-hybridized carbons (Fsp3) is 0.273. The number of benzene rings is 2. The van der Waals surface area contributed by atoms with Gasteiger partial charge in [-0.3, -0.25) is 4.79 Å². The summed E-state index contributed by atoms with van der Waals surface area (Å²) in [4.78, 5) is 22.4. The van der Waals surface area contributed by atoms with Crippen LogP contribution in [0.4, 0.5) is 5.95 Å². The van der Waals surface area contributed by atoms with E-state index in [1.807, 2.05) is 24.3 Å². The van der Waals surface area contributed by atoms with Gasteiger partial charge in [0.05, 0.1) is 15.2 Å². The summed E-state index contributed by atoms with van der Waals surface area (Å²) in [5, 5.41) is 11.7. The van der Waals surface area contributed by atoms with Gasteiger partial charge in [-0.1, -0.05) is 12.1 Å². The molecule has 164 valence electrons. The fourth-order valence-electron chi connectivity index (χ4n) is 3.87. The molecule has 4 aromatic rings. The van der Waals surface area contributed by atoms with Crippen molar-refractivity contribution in [3.8, 4) is 11.4 Å². The second kappa shape index (κ2) is 7.86. The molecule has 3 N–H and O–H groups in total. The maximum Gasteiger partial charge on any atom is 0.242 e. The van der Waals surface area contributed by atoms with Crippen molar-refractivity contribution >= 4 is 38.1 Å². The molecule has 3 heterocycles. The van der Waals surface area contributed by atoms with Crippen molar-refractivity contribution in [2.75, 3.05) is 18.1 Å². The predicted molar refractivity (Wildman–Crippen MR) is 123 cm³/mol. The molecule has 1 aliphatic heterocycles. The van der Waals surface area contributed by atoms with Crippen LogP contribution in [0.3, 0.4) is 0 Å². The van der Waals surface area contributed by atoms with Gasteiger partial charge in [-0.15, -0.1) is 5.10 Å². The Balaban J connectivity index is 1.62. The summed E-state index contributed by atoms with van der Waals surface area (Å²) in [7, 11) is -2.79. The van der Waals surface area contributed by atoms with Gasteiger partial charge in [0.25, 0.3) is 0 Å². The Morgan fingerprint density at radius 1 is 1.12 bits per heavy atom. The number of carbonyl (C=O) groups is 1. The van der Waals surface area contributed by atoms with Gasteiger partial charge in [-0.2, -0.15) is 4.52 Å². The Bertz CT molecular complexity index is 1430. The average molecular weight is 450 g/mol. The van der Waals surface area contributed by atoms with Gasteiger partial charge in [0.1, 0.15) is 6.04 Å². The van der Waals surface area contributed by atoms with Crippen LogP contribution in [0.15, 0.2) is 53.4 Å². The van der Waals surface area contributed by atoms with Gasteiger partial charge in [-0.05, 0) is 55.7 Å². The highest BCUT2D eigenvalue weighted by atomic mass is 32.2. The molecule has 0 radical (unpaired) electrons. The Labute approximate surface area is 185 Å². The number of nitrogens with one attached hydrogen (secondary N) is 3. The maximum absolute atomic E-state index is 12.5. The van der Waals surface area contributed by atoms with Crippen LogP contribution in [0, 0.1) is 4.78 Å². The lowest BCUT2D eigenvalue weighted by Crippen LogP contribution is -2.38. The first kappa shape index (κ1) is 20.4. The summed E-state index contributed by atoms with van der Waals surface area (Å²) < 4.78 is 21.4. The van der Waals surface area contributed by atoms with Crippen LogP contribution in [0.25, 0.3) is 27.9 Å². The van der Waals surface area contributed by atoms with Crippen molar-refractivity contribution in [1.82, 2.24) is 24.9 Å². The quantitative estimate of drug-likeness (QED) is 0.440. The smallest absolute Gasteiger partial charge is 0.242 e. The molecule has 32 heavy (non-hydrogen) atoms. The molecule has 1 aliphatic rings. The third-order valence-corrected chi connectivity index (χ3v) is 6.75. The van der Waals surface area contributed by atoms with Gasteiger partial charge in [-0.25, -0.2) is 19.0 Å². The van der Waals surface area contributed by atoms with Crippen LogP contribution >= 0.6 is 0 Å². The highest BCUT2D eigenvalue weighted by molar-refractivity contribution is 7.91. The lowest BCUT2D eigenvalue weighted by Gasteiger charge is -2.16. The van der Waals surface area contributed by atoms with Crippen LogP contribution in [0.5, 0.6) is 0 Å². The Morgan fingerprint density at radius 3 is 2.69 bits per heavy atom. The fourth-order valence-corrected chi connectivity index (χ4v) is 4.52. The van der Waals surface area contributed by atoms with Gasteiger partial charge in [0.15, 0.2) is 11.5 Å². The van der Waals surface area contributed by atoms with E-state index >= 15 is 0 Å². The Morgan fingerprint density at radius 2 is 1.91 bits per heavy atom. The zero-order chi connectivity index (χ0) is 22.3. The normalized spacial score (nSPS) is 18.8. The number of fused-ring (bicyclic) bond motifs is 3. The standard InChI is InChI=1S/C22H23N7O2S/c1-32(23,31)15-11-9-14(10-12-15)19-27-20-16-6-2-3-7-17(16)25-22(29(20)28-19)26-18-8-4-5-13-24-21(18)30/h2-3,6-7,9-12,18,23H,4-5,8,13H2,1H3,(H,24,30)(H,25,26)/t18-,32-/m1/s1. The molecule has 9 nitrogen and oxygen atoms in total. The van der Waals surface area contributed by atoms with E-state index in [-0.39, 0.29) is 5.91 Å². The van der Waals surface area contributed by atoms with E-state index in [9.17, 15) is 9.00 Å². The number of aromatic nitrogens is 4. The Hall–Kier alpha value is -3.53. The summed E-state index contributed by atoms with van der Waals surface area (Å²) in [5.41, 5.74) is 2.13. The molecule has 2 atom stereocenters. The van der Waals surface area contributed by atoms with Crippen LogP contribution in [0.1, 0.15) is 19.3 Å². The average Bonchev–Trinajstić information content (AvgIpc) is 3.14. The van der Waals surface area contributed by atoms with Crippen molar-refractivity contribution in [2.24, 2.45) is 0 Å². The van der Waals surface area contributed by atoms with E-state index in [2.05, 4.69) is 15.7 Å². The van der Waals surface area contributed by atoms with E-state index in [1.54, 1.807) is 28.8 Å². The lowest BCUT2D eigenvalue weighted by molar-refractivity contribution is -0.121. The third-order valence-electron chi connectivity index (χ3n) is 5.58. The third kappa shape index (κ3) is 3.77. The number of rotatable bonds is 4. The molecule has 1 saturated heterocycles. The topological polar surface area (TPSA) is 125 Å². The summed E-state index contributed by atoms with van der Waals surface area (Å²) in [5.74, 6) is 0.898. The molecule has 10 heteroatoms. The zero-order valence-corrected chi connectivity index (χ0v) is 18.4. The van der Waals surface area contributed by atoms with Gasteiger partial charge < -0.3 is 10.6 Å². The van der Waals surface area contributed by atoms with Crippen LogP contribution in [-0.4, -0.2) is 48.5 Å². The number of hydrogen-bond donors (Lipinski definition) is 3. The van der Waals surface area contributed by atoms with Gasteiger partial charge in [0.2, 0.25) is 11.9 Å². The summed E-state index contributed by atoms with van der Waals surface area (Å²) in [6.45, 7) is 0.684. The lowest BCUT2D eigenvalue weighted by atomic mass is 10.1. The number of hydrogen-bond acceptors (Lipinski definition) is 7. The minimum Gasteiger partial charge on any atom is -0.354 e. The molecule has 0 spiro atoms. The van der Waals surface area contributed by atoms with E-state index < -0.39 is 15.8 Å². The second-order valence-electron chi connectivity index (χ2n) is 7.98. The van der Waals surface area contributed by atoms with Crippen molar-refractivity contribution in [2.45, 2.75) is 30.2 Å². The highest BCUT2D eigenvalue weighted by Gasteiger charge is 2.23. The number of anilines is 1. The predicted octanol–water partition coefficient (Wildman–Crippen LogP) is 3.06.